The largest absolute Gasteiger partial charge is 0.487 e. The number of primary sulfonamides is 1. The summed E-state index contributed by atoms with van der Waals surface area (Å²) < 4.78 is 32.9. The summed E-state index contributed by atoms with van der Waals surface area (Å²) in [5.41, 5.74) is 0. The molecule has 1 fully saturated rings. The summed E-state index contributed by atoms with van der Waals surface area (Å²) in [7, 11) is -2.43. The van der Waals surface area contributed by atoms with Crippen LogP contribution in [-0.2, 0) is 10.0 Å². The Morgan fingerprint density at radius 2 is 2.19 bits per heavy atom. The zero-order chi connectivity index (χ0) is 11.8. The van der Waals surface area contributed by atoms with Crippen molar-refractivity contribution >= 4 is 10.0 Å². The van der Waals surface area contributed by atoms with Gasteiger partial charge in [-0.15, -0.1) is 0 Å². The van der Waals surface area contributed by atoms with E-state index in [0.717, 1.165) is 12.8 Å². The van der Waals surface area contributed by atoms with Crippen LogP contribution >= 0.6 is 0 Å². The summed E-state index contributed by atoms with van der Waals surface area (Å²) in [6.45, 7) is 0. The van der Waals surface area contributed by atoms with E-state index < -0.39 is 10.0 Å². The molecule has 6 nitrogen and oxygen atoms in total. The van der Waals surface area contributed by atoms with Crippen LogP contribution in [-0.4, -0.2) is 26.6 Å². The fourth-order valence-electron chi connectivity index (χ4n) is 1.19. The second kappa shape index (κ2) is 3.91. The van der Waals surface area contributed by atoms with Crippen molar-refractivity contribution < 1.29 is 17.9 Å². The van der Waals surface area contributed by atoms with Gasteiger partial charge in [-0.25, -0.2) is 18.5 Å². The van der Waals surface area contributed by atoms with E-state index in [1.165, 1.54) is 19.4 Å². The SMILES string of the molecule is COc1cc(S(N)(=O)=O)c(OC2CC2)cn1. The first-order chi connectivity index (χ1) is 7.50. The molecule has 0 atom stereocenters. The van der Waals surface area contributed by atoms with E-state index in [2.05, 4.69) is 4.98 Å². The van der Waals surface area contributed by atoms with Crippen LogP contribution in [0, 0.1) is 0 Å². The molecule has 0 bridgehead atoms. The third-order valence-electron chi connectivity index (χ3n) is 2.14. The van der Waals surface area contributed by atoms with E-state index >= 15 is 0 Å². The van der Waals surface area contributed by atoms with E-state index in [1.54, 1.807) is 0 Å². The summed E-state index contributed by atoms with van der Waals surface area (Å²) in [6.07, 6.45) is 3.25. The molecule has 88 valence electrons. The number of rotatable bonds is 4. The lowest BCUT2D eigenvalue weighted by molar-refractivity contribution is 0.291. The summed E-state index contributed by atoms with van der Waals surface area (Å²) in [6, 6.07) is 1.26. The van der Waals surface area contributed by atoms with Crippen molar-refractivity contribution in [2.24, 2.45) is 5.14 Å². The Morgan fingerprint density at radius 1 is 1.50 bits per heavy atom. The molecule has 16 heavy (non-hydrogen) atoms. The Morgan fingerprint density at radius 3 is 2.69 bits per heavy atom. The average Bonchev–Trinajstić information content (AvgIpc) is 3.01. The zero-order valence-corrected chi connectivity index (χ0v) is 9.53. The molecule has 1 aliphatic carbocycles. The first-order valence-electron chi connectivity index (χ1n) is 4.74. The maximum Gasteiger partial charge on any atom is 0.241 e. The first kappa shape index (κ1) is 11.2. The molecule has 0 radical (unpaired) electrons. The molecule has 0 amide bonds. The van der Waals surface area contributed by atoms with E-state index in [4.69, 9.17) is 14.6 Å². The monoisotopic (exact) mass is 244 g/mol. The third-order valence-corrected chi connectivity index (χ3v) is 3.07. The Bertz CT molecular complexity index is 496. The molecule has 0 aromatic carbocycles. The van der Waals surface area contributed by atoms with Crippen LogP contribution in [0.15, 0.2) is 17.2 Å². The highest BCUT2D eigenvalue weighted by atomic mass is 32.2. The minimum atomic E-state index is -3.83. The molecule has 7 heteroatoms. The lowest BCUT2D eigenvalue weighted by Crippen LogP contribution is -2.15. The van der Waals surface area contributed by atoms with Crippen molar-refractivity contribution in [3.05, 3.63) is 12.3 Å². The van der Waals surface area contributed by atoms with Gasteiger partial charge in [-0.1, -0.05) is 0 Å². The van der Waals surface area contributed by atoms with Crippen LogP contribution in [0.2, 0.25) is 0 Å². The summed E-state index contributed by atoms with van der Waals surface area (Å²) in [4.78, 5) is 3.79. The average molecular weight is 244 g/mol. The van der Waals surface area contributed by atoms with Crippen molar-refractivity contribution in [1.29, 1.82) is 0 Å². The number of pyridine rings is 1. The molecule has 1 aliphatic rings. The highest BCUT2D eigenvalue weighted by Crippen LogP contribution is 2.31. The summed E-state index contributed by atoms with van der Waals surface area (Å²) in [5, 5.41) is 5.09. The number of methoxy groups -OCH3 is 1. The number of hydrogen-bond donors (Lipinski definition) is 1. The lowest BCUT2D eigenvalue weighted by atomic mass is 10.4. The Labute approximate surface area is 93.4 Å². The Balaban J connectivity index is 2.42. The molecular formula is C9H12N2O4S. The molecule has 1 saturated carbocycles. The number of nitrogens with zero attached hydrogens (tertiary/aromatic N) is 1. The second-order valence-corrected chi connectivity index (χ2v) is 5.07. The minimum Gasteiger partial charge on any atom is -0.487 e. The Kier molecular flexibility index (Phi) is 2.73. The van der Waals surface area contributed by atoms with Gasteiger partial charge in [0.25, 0.3) is 0 Å². The molecular weight excluding hydrogens is 232 g/mol. The van der Waals surface area contributed by atoms with Crippen molar-refractivity contribution in [2.75, 3.05) is 7.11 Å². The molecule has 1 aromatic rings. The standard InChI is InChI=1S/C9H12N2O4S/c1-14-9-4-8(16(10,12)13)7(5-11-9)15-6-2-3-6/h4-6H,2-3H2,1H3,(H2,10,12,13). The molecule has 0 saturated heterocycles. The molecule has 0 spiro atoms. The van der Waals surface area contributed by atoms with E-state index in [0.29, 0.717) is 0 Å². The van der Waals surface area contributed by atoms with Gasteiger partial charge in [0, 0.05) is 6.07 Å². The van der Waals surface area contributed by atoms with Gasteiger partial charge >= 0.3 is 0 Å². The van der Waals surface area contributed by atoms with Crippen LogP contribution in [0.25, 0.3) is 0 Å². The second-order valence-electron chi connectivity index (χ2n) is 3.54. The fraction of sp³-hybridized carbons (Fsp3) is 0.444. The first-order valence-corrected chi connectivity index (χ1v) is 6.29. The highest BCUT2D eigenvalue weighted by Gasteiger charge is 2.27. The van der Waals surface area contributed by atoms with Gasteiger partial charge in [-0.2, -0.15) is 0 Å². The van der Waals surface area contributed by atoms with Crippen molar-refractivity contribution in [2.45, 2.75) is 23.8 Å². The molecule has 2 rings (SSSR count). The van der Waals surface area contributed by atoms with Gasteiger partial charge in [0.15, 0.2) is 5.75 Å². The number of aromatic nitrogens is 1. The highest BCUT2D eigenvalue weighted by molar-refractivity contribution is 7.89. The Hall–Kier alpha value is -1.34. The van der Waals surface area contributed by atoms with Gasteiger partial charge in [0.2, 0.25) is 15.9 Å². The summed E-state index contributed by atoms with van der Waals surface area (Å²) >= 11 is 0. The fourth-order valence-corrected chi connectivity index (χ4v) is 1.84. The van der Waals surface area contributed by atoms with E-state index in [1.807, 2.05) is 0 Å². The number of ether oxygens (including phenoxy) is 2. The lowest BCUT2D eigenvalue weighted by Gasteiger charge is -2.09. The van der Waals surface area contributed by atoms with Gasteiger partial charge in [0.05, 0.1) is 19.4 Å². The van der Waals surface area contributed by atoms with E-state index in [9.17, 15) is 8.42 Å². The minimum absolute atomic E-state index is 0.0793. The molecule has 2 N–H and O–H groups in total. The number of hydrogen-bond acceptors (Lipinski definition) is 5. The number of nitrogens with two attached hydrogens (primary N) is 1. The van der Waals surface area contributed by atoms with Gasteiger partial charge in [0.1, 0.15) is 4.90 Å². The predicted molar refractivity (Wildman–Crippen MR) is 55.8 cm³/mol. The third kappa shape index (κ3) is 2.42. The van der Waals surface area contributed by atoms with Crippen molar-refractivity contribution in [1.82, 2.24) is 4.98 Å². The van der Waals surface area contributed by atoms with E-state index in [-0.39, 0.29) is 22.6 Å². The van der Waals surface area contributed by atoms with Gasteiger partial charge < -0.3 is 9.47 Å². The van der Waals surface area contributed by atoms with Gasteiger partial charge in [-0.05, 0) is 12.8 Å². The smallest absolute Gasteiger partial charge is 0.241 e. The molecule has 1 heterocycles. The normalized spacial score (nSPS) is 15.9. The van der Waals surface area contributed by atoms with Crippen molar-refractivity contribution in [3.63, 3.8) is 0 Å². The molecule has 0 unspecified atom stereocenters. The quantitative estimate of drug-likeness (QED) is 0.821. The number of sulfonamides is 1. The van der Waals surface area contributed by atoms with Gasteiger partial charge in [-0.3, -0.25) is 0 Å². The molecule has 0 aliphatic heterocycles. The summed E-state index contributed by atoms with van der Waals surface area (Å²) in [5.74, 6) is 0.373. The van der Waals surface area contributed by atoms with Crippen LogP contribution in [0.3, 0.4) is 0 Å². The maximum absolute atomic E-state index is 11.3. The zero-order valence-electron chi connectivity index (χ0n) is 8.71. The van der Waals surface area contributed by atoms with Crippen LogP contribution in [0.5, 0.6) is 11.6 Å². The topological polar surface area (TPSA) is 91.5 Å². The predicted octanol–water partition coefficient (Wildman–Crippen LogP) is 0.279. The van der Waals surface area contributed by atoms with Crippen LogP contribution < -0.4 is 14.6 Å². The maximum atomic E-state index is 11.3. The van der Waals surface area contributed by atoms with Crippen LogP contribution in [0.4, 0.5) is 0 Å². The van der Waals surface area contributed by atoms with Crippen LogP contribution in [0.1, 0.15) is 12.8 Å². The van der Waals surface area contributed by atoms with Crippen molar-refractivity contribution in [3.8, 4) is 11.6 Å². The molecule has 1 aromatic heterocycles.